The van der Waals surface area contributed by atoms with Crippen LogP contribution >= 0.6 is 22.6 Å². The Morgan fingerprint density at radius 3 is 2.65 bits per heavy atom. The van der Waals surface area contributed by atoms with Gasteiger partial charge in [-0.2, -0.15) is 0 Å². The Kier molecular flexibility index (Phi) is 3.39. The molecule has 3 rings (SSSR count). The summed E-state index contributed by atoms with van der Waals surface area (Å²) in [5.41, 5.74) is -0.264. The minimum Gasteiger partial charge on any atom is -0.457 e. The van der Waals surface area contributed by atoms with Crippen molar-refractivity contribution < 1.29 is 14.3 Å². The van der Waals surface area contributed by atoms with Crippen LogP contribution in [0.3, 0.4) is 0 Å². The van der Waals surface area contributed by atoms with Gasteiger partial charge in [0.1, 0.15) is 11.0 Å². The molecular weight excluding hydrogens is 367 g/mol. The summed E-state index contributed by atoms with van der Waals surface area (Å²) < 4.78 is 5.71. The fourth-order valence-electron chi connectivity index (χ4n) is 3.54. The summed E-state index contributed by atoms with van der Waals surface area (Å²) >= 11 is 2.27. The molecular formula is C16H17IO3. The highest BCUT2D eigenvalue weighted by Gasteiger charge is 2.68. The third kappa shape index (κ3) is 1.76. The molecule has 0 unspecified atom stereocenters. The molecule has 1 aromatic rings. The van der Waals surface area contributed by atoms with Gasteiger partial charge in [-0.15, -0.1) is 0 Å². The largest absolute Gasteiger partial charge is 0.457 e. The predicted octanol–water partition coefficient (Wildman–Crippen LogP) is 3.09. The van der Waals surface area contributed by atoms with Crippen LogP contribution in [0.25, 0.3) is 0 Å². The smallest absolute Gasteiger partial charge is 0.321 e. The molecule has 1 heterocycles. The van der Waals surface area contributed by atoms with Crippen LogP contribution in [0, 0.1) is 5.41 Å². The number of hydrogen-bond acceptors (Lipinski definition) is 3. The summed E-state index contributed by atoms with van der Waals surface area (Å²) in [7, 11) is 0. The lowest BCUT2D eigenvalue weighted by atomic mass is 9.66. The van der Waals surface area contributed by atoms with E-state index >= 15 is 0 Å². The van der Waals surface area contributed by atoms with Crippen LogP contribution in [0.1, 0.15) is 31.7 Å². The molecule has 1 aromatic carbocycles. The molecule has 1 saturated heterocycles. The molecule has 2 aliphatic rings. The molecule has 0 N–H and O–H groups in total. The summed E-state index contributed by atoms with van der Waals surface area (Å²) in [5, 5.41) is 0. The number of benzene rings is 1. The van der Waals surface area contributed by atoms with Crippen molar-refractivity contribution in [2.24, 2.45) is 5.41 Å². The molecule has 2 fully saturated rings. The van der Waals surface area contributed by atoms with Gasteiger partial charge in [-0.3, -0.25) is 9.59 Å². The van der Waals surface area contributed by atoms with Crippen molar-refractivity contribution in [3.63, 3.8) is 0 Å². The van der Waals surface area contributed by atoms with Crippen LogP contribution < -0.4 is 0 Å². The lowest BCUT2D eigenvalue weighted by Crippen LogP contribution is -2.52. The van der Waals surface area contributed by atoms with Crippen molar-refractivity contribution >= 4 is 34.3 Å². The lowest BCUT2D eigenvalue weighted by Gasteiger charge is -2.38. The quantitative estimate of drug-likeness (QED) is 0.348. The van der Waals surface area contributed by atoms with Crippen molar-refractivity contribution in [1.82, 2.24) is 0 Å². The average molecular weight is 384 g/mol. The zero-order valence-corrected chi connectivity index (χ0v) is 13.6. The van der Waals surface area contributed by atoms with Gasteiger partial charge in [0.05, 0.1) is 3.92 Å². The Hall–Kier alpha value is -0.910. The average Bonchev–Trinajstić information content (AvgIpc) is 2.58. The van der Waals surface area contributed by atoms with Crippen molar-refractivity contribution in [2.45, 2.75) is 42.1 Å². The SMILES string of the molecule is CC[C@@]12C(=O)CC[C@](Cc3ccccc3)(OC1=O)[C@@H]2I. The van der Waals surface area contributed by atoms with E-state index in [0.29, 0.717) is 25.7 Å². The number of carbonyl (C=O) groups excluding carboxylic acids is 2. The van der Waals surface area contributed by atoms with E-state index in [1.54, 1.807) is 0 Å². The first-order valence-electron chi connectivity index (χ1n) is 7.00. The highest BCUT2D eigenvalue weighted by Crippen LogP contribution is 2.55. The van der Waals surface area contributed by atoms with Gasteiger partial charge in [-0.05, 0) is 18.4 Å². The van der Waals surface area contributed by atoms with Gasteiger partial charge in [0, 0.05) is 12.8 Å². The van der Waals surface area contributed by atoms with E-state index in [4.69, 9.17) is 4.74 Å². The van der Waals surface area contributed by atoms with Crippen LogP contribution in [0.5, 0.6) is 0 Å². The highest BCUT2D eigenvalue weighted by molar-refractivity contribution is 14.1. The molecule has 1 saturated carbocycles. The number of fused-ring (bicyclic) bond motifs is 2. The molecule has 1 aliphatic carbocycles. The molecule has 3 nitrogen and oxygen atoms in total. The number of hydrogen-bond donors (Lipinski definition) is 0. The number of alkyl halides is 1. The van der Waals surface area contributed by atoms with E-state index in [9.17, 15) is 9.59 Å². The Morgan fingerprint density at radius 2 is 2.00 bits per heavy atom. The van der Waals surface area contributed by atoms with Gasteiger partial charge >= 0.3 is 5.97 Å². The molecule has 1 aliphatic heterocycles. The second-order valence-corrected chi connectivity index (χ2v) is 6.97. The van der Waals surface area contributed by atoms with Gasteiger partial charge in [0.2, 0.25) is 0 Å². The molecule has 4 heteroatoms. The van der Waals surface area contributed by atoms with E-state index in [0.717, 1.165) is 5.56 Å². The number of ether oxygens (including phenoxy) is 1. The Bertz CT molecular complexity index is 556. The van der Waals surface area contributed by atoms with E-state index in [-0.39, 0.29) is 15.7 Å². The number of carbonyl (C=O) groups is 2. The minimum atomic E-state index is -0.909. The predicted molar refractivity (Wildman–Crippen MR) is 83.7 cm³/mol. The van der Waals surface area contributed by atoms with E-state index in [1.807, 2.05) is 37.3 Å². The van der Waals surface area contributed by atoms with E-state index in [2.05, 4.69) is 22.6 Å². The molecule has 3 atom stereocenters. The first-order valence-corrected chi connectivity index (χ1v) is 8.24. The van der Waals surface area contributed by atoms with E-state index in [1.165, 1.54) is 0 Å². The van der Waals surface area contributed by atoms with Gasteiger partial charge in [0.25, 0.3) is 0 Å². The number of Topliss-reactive ketones (excluding diaryl/α,β-unsaturated/α-hetero) is 1. The number of esters is 1. The molecule has 0 aromatic heterocycles. The van der Waals surface area contributed by atoms with Crippen molar-refractivity contribution in [2.75, 3.05) is 0 Å². The van der Waals surface area contributed by atoms with Crippen molar-refractivity contribution in [3.8, 4) is 0 Å². The summed E-state index contributed by atoms with van der Waals surface area (Å²) in [4.78, 5) is 24.7. The maximum absolute atomic E-state index is 12.4. The van der Waals surface area contributed by atoms with Crippen LogP contribution in [-0.2, 0) is 20.7 Å². The van der Waals surface area contributed by atoms with Gasteiger partial charge in [-0.25, -0.2) is 0 Å². The third-order valence-electron chi connectivity index (χ3n) is 4.73. The Balaban J connectivity index is 1.99. The van der Waals surface area contributed by atoms with E-state index < -0.39 is 11.0 Å². The molecule has 0 amide bonds. The monoisotopic (exact) mass is 384 g/mol. The maximum Gasteiger partial charge on any atom is 0.321 e. The summed E-state index contributed by atoms with van der Waals surface area (Å²) in [6.07, 6.45) is 2.32. The van der Waals surface area contributed by atoms with Crippen LogP contribution in [-0.4, -0.2) is 21.3 Å². The normalized spacial score (nSPS) is 36.0. The second-order valence-electron chi connectivity index (χ2n) is 5.73. The van der Waals surface area contributed by atoms with Crippen molar-refractivity contribution in [1.29, 1.82) is 0 Å². The van der Waals surface area contributed by atoms with Crippen LogP contribution in [0.15, 0.2) is 30.3 Å². The zero-order chi connectivity index (χ0) is 14.4. The molecule has 0 radical (unpaired) electrons. The minimum absolute atomic E-state index is 0.0607. The number of rotatable bonds is 3. The summed E-state index contributed by atoms with van der Waals surface area (Å²) in [6.45, 7) is 1.91. The number of ketones is 1. The second kappa shape index (κ2) is 4.83. The zero-order valence-electron chi connectivity index (χ0n) is 11.4. The number of halogens is 1. The van der Waals surface area contributed by atoms with Crippen LogP contribution in [0.2, 0.25) is 0 Å². The lowest BCUT2D eigenvalue weighted by molar-refractivity contribution is -0.154. The van der Waals surface area contributed by atoms with Gasteiger partial charge in [-0.1, -0.05) is 59.8 Å². The molecule has 0 spiro atoms. The van der Waals surface area contributed by atoms with Crippen LogP contribution in [0.4, 0.5) is 0 Å². The fraction of sp³-hybridized carbons (Fsp3) is 0.500. The Labute approximate surface area is 132 Å². The maximum atomic E-state index is 12.4. The highest BCUT2D eigenvalue weighted by atomic mass is 127. The Morgan fingerprint density at radius 1 is 1.30 bits per heavy atom. The summed E-state index contributed by atoms with van der Waals surface area (Å²) in [5.74, 6) is -0.247. The topological polar surface area (TPSA) is 43.4 Å². The third-order valence-corrected chi connectivity index (χ3v) is 6.93. The first kappa shape index (κ1) is 14.0. The molecule has 106 valence electrons. The standard InChI is InChI=1S/C16H17IO3/c1-2-16-12(18)8-9-15(13(16)17,20-14(16)19)10-11-6-4-3-5-7-11/h3-7,13H,2,8-10H2,1H3/t13-,15+,16-/m0/s1. The first-order chi connectivity index (χ1) is 9.55. The molecule has 2 bridgehead atoms. The van der Waals surface area contributed by atoms with Gasteiger partial charge < -0.3 is 4.74 Å². The molecule has 20 heavy (non-hydrogen) atoms. The summed E-state index contributed by atoms with van der Waals surface area (Å²) in [6, 6.07) is 10.1. The van der Waals surface area contributed by atoms with Gasteiger partial charge in [0.15, 0.2) is 5.78 Å². The van der Waals surface area contributed by atoms with Crippen molar-refractivity contribution in [3.05, 3.63) is 35.9 Å². The fourth-order valence-corrected chi connectivity index (χ4v) is 5.24.